The van der Waals surface area contributed by atoms with Gasteiger partial charge in [-0.05, 0) is 36.4 Å². The van der Waals surface area contributed by atoms with Crippen LogP contribution in [-0.4, -0.2) is 8.42 Å². The molecule has 2 aromatic rings. The number of hydrogen-bond donors (Lipinski definition) is 2. The number of nitrogen functional groups attached to an aromatic ring is 1. The van der Waals surface area contributed by atoms with Crippen molar-refractivity contribution in [2.45, 2.75) is 4.90 Å². The molecule has 0 atom stereocenters. The average Bonchev–Trinajstić information content (AvgIpc) is 2.36. The molecule has 0 saturated carbocycles. The van der Waals surface area contributed by atoms with Crippen molar-refractivity contribution in [1.82, 2.24) is 0 Å². The molecule has 0 aliphatic rings. The zero-order chi connectivity index (χ0) is 14.9. The van der Waals surface area contributed by atoms with Gasteiger partial charge >= 0.3 is 0 Å². The van der Waals surface area contributed by atoms with Crippen LogP contribution >= 0.6 is 23.2 Å². The minimum Gasteiger partial charge on any atom is -0.399 e. The molecule has 4 nitrogen and oxygen atoms in total. The molecule has 3 N–H and O–H groups in total. The van der Waals surface area contributed by atoms with Crippen molar-refractivity contribution >= 4 is 44.6 Å². The van der Waals surface area contributed by atoms with Crippen LogP contribution in [0, 0.1) is 5.82 Å². The van der Waals surface area contributed by atoms with Crippen LogP contribution < -0.4 is 10.5 Å². The zero-order valence-corrected chi connectivity index (χ0v) is 12.2. The van der Waals surface area contributed by atoms with Gasteiger partial charge in [0, 0.05) is 16.4 Å². The van der Waals surface area contributed by atoms with Crippen molar-refractivity contribution in [3.63, 3.8) is 0 Å². The van der Waals surface area contributed by atoms with Gasteiger partial charge in [-0.3, -0.25) is 4.72 Å². The summed E-state index contributed by atoms with van der Waals surface area (Å²) in [4.78, 5) is -0.613. The first kappa shape index (κ1) is 14.9. The second kappa shape index (κ2) is 5.47. The van der Waals surface area contributed by atoms with Gasteiger partial charge < -0.3 is 5.73 Å². The predicted octanol–water partition coefficient (Wildman–Crippen LogP) is 3.52. The molecule has 0 unspecified atom stereocenters. The Kier molecular flexibility index (Phi) is 4.08. The van der Waals surface area contributed by atoms with Crippen molar-refractivity contribution in [3.8, 4) is 0 Å². The van der Waals surface area contributed by atoms with E-state index in [0.717, 1.165) is 12.1 Å². The van der Waals surface area contributed by atoms with E-state index in [9.17, 15) is 12.8 Å². The molecule has 0 radical (unpaired) electrons. The summed E-state index contributed by atoms with van der Waals surface area (Å²) in [5, 5.41) is 0.0904. The van der Waals surface area contributed by atoms with E-state index in [1.54, 1.807) is 0 Å². The van der Waals surface area contributed by atoms with Crippen LogP contribution in [0.15, 0.2) is 41.3 Å². The Hall–Kier alpha value is -1.50. The van der Waals surface area contributed by atoms with Gasteiger partial charge in [-0.25, -0.2) is 12.8 Å². The van der Waals surface area contributed by atoms with Crippen LogP contribution in [0.25, 0.3) is 0 Å². The van der Waals surface area contributed by atoms with Gasteiger partial charge in [-0.15, -0.1) is 0 Å². The Balaban J connectivity index is 2.43. The largest absolute Gasteiger partial charge is 0.399 e. The second-order valence-electron chi connectivity index (χ2n) is 3.93. The van der Waals surface area contributed by atoms with E-state index in [1.165, 1.54) is 24.3 Å². The molecule has 0 aliphatic heterocycles. The number of nitrogens with one attached hydrogen (secondary N) is 1. The highest BCUT2D eigenvalue weighted by molar-refractivity contribution is 7.92. The maximum Gasteiger partial charge on any atom is 0.264 e. The normalized spacial score (nSPS) is 11.3. The SMILES string of the molecule is Nc1cc(Cl)c(F)c(S(=O)(=O)Nc2ccc(Cl)cc2)c1. The molecule has 106 valence electrons. The minimum absolute atomic E-state index is 0.0490. The maximum atomic E-state index is 13.8. The van der Waals surface area contributed by atoms with Crippen LogP contribution in [0.2, 0.25) is 10.0 Å². The standard InChI is InChI=1S/C12H9Cl2FN2O2S/c13-7-1-3-9(4-2-7)17-20(18,19)11-6-8(16)5-10(14)12(11)15/h1-6,17H,16H2. The molecular formula is C12H9Cl2FN2O2S. The third-order valence-electron chi connectivity index (χ3n) is 2.40. The van der Waals surface area contributed by atoms with Crippen LogP contribution in [0.4, 0.5) is 15.8 Å². The number of sulfonamides is 1. The van der Waals surface area contributed by atoms with Gasteiger partial charge in [0.15, 0.2) is 5.82 Å². The molecule has 0 aromatic heterocycles. The fraction of sp³-hybridized carbons (Fsp3) is 0. The first-order chi connectivity index (χ1) is 9.29. The molecule has 0 saturated heterocycles. The van der Waals surface area contributed by atoms with Crippen LogP contribution in [-0.2, 0) is 10.0 Å². The molecule has 0 spiro atoms. The van der Waals surface area contributed by atoms with Crippen molar-refractivity contribution in [1.29, 1.82) is 0 Å². The summed E-state index contributed by atoms with van der Waals surface area (Å²) >= 11 is 11.3. The lowest BCUT2D eigenvalue weighted by molar-refractivity contribution is 0.571. The van der Waals surface area contributed by atoms with Crippen molar-refractivity contribution in [2.24, 2.45) is 0 Å². The lowest BCUT2D eigenvalue weighted by atomic mass is 10.3. The third kappa shape index (κ3) is 3.15. The van der Waals surface area contributed by atoms with Crippen LogP contribution in [0.3, 0.4) is 0 Å². The summed E-state index contributed by atoms with van der Waals surface area (Å²) < 4.78 is 40.3. The Morgan fingerprint density at radius 2 is 1.70 bits per heavy atom. The Morgan fingerprint density at radius 3 is 2.30 bits per heavy atom. The number of halogens is 3. The lowest BCUT2D eigenvalue weighted by Crippen LogP contribution is -2.15. The fourth-order valence-corrected chi connectivity index (χ4v) is 3.11. The minimum atomic E-state index is -4.13. The number of hydrogen-bond acceptors (Lipinski definition) is 3. The monoisotopic (exact) mass is 334 g/mol. The highest BCUT2D eigenvalue weighted by atomic mass is 35.5. The number of anilines is 2. The van der Waals surface area contributed by atoms with Gasteiger partial charge in [0.1, 0.15) is 4.90 Å². The van der Waals surface area contributed by atoms with E-state index in [2.05, 4.69) is 4.72 Å². The first-order valence-electron chi connectivity index (χ1n) is 5.32. The molecule has 2 rings (SSSR count). The summed E-state index contributed by atoms with van der Waals surface area (Å²) in [6, 6.07) is 8.04. The highest BCUT2D eigenvalue weighted by Gasteiger charge is 2.22. The predicted molar refractivity (Wildman–Crippen MR) is 78.1 cm³/mol. The smallest absolute Gasteiger partial charge is 0.264 e. The van der Waals surface area contributed by atoms with E-state index in [4.69, 9.17) is 28.9 Å². The van der Waals surface area contributed by atoms with Gasteiger partial charge in [-0.1, -0.05) is 23.2 Å². The Labute approximate surface area is 125 Å². The molecule has 0 heterocycles. The zero-order valence-electron chi connectivity index (χ0n) is 9.90. The summed E-state index contributed by atoms with van der Waals surface area (Å²) in [7, 11) is -4.13. The van der Waals surface area contributed by atoms with E-state index in [1.807, 2.05) is 0 Å². The Morgan fingerprint density at radius 1 is 1.10 bits per heavy atom. The summed E-state index contributed by atoms with van der Waals surface area (Å²) in [5.74, 6) is -1.05. The number of nitrogens with two attached hydrogens (primary N) is 1. The average molecular weight is 335 g/mol. The van der Waals surface area contributed by atoms with Crippen molar-refractivity contribution < 1.29 is 12.8 Å². The molecule has 0 bridgehead atoms. The van der Waals surface area contributed by atoms with Gasteiger partial charge in [0.05, 0.1) is 5.02 Å². The van der Waals surface area contributed by atoms with Crippen molar-refractivity contribution in [3.05, 3.63) is 52.3 Å². The lowest BCUT2D eigenvalue weighted by Gasteiger charge is -2.10. The maximum absolute atomic E-state index is 13.8. The highest BCUT2D eigenvalue weighted by Crippen LogP contribution is 2.27. The molecule has 8 heteroatoms. The van der Waals surface area contributed by atoms with Gasteiger partial charge in [0.25, 0.3) is 10.0 Å². The van der Waals surface area contributed by atoms with E-state index in [-0.39, 0.29) is 16.4 Å². The number of rotatable bonds is 3. The second-order valence-corrected chi connectivity index (χ2v) is 6.42. The van der Waals surface area contributed by atoms with Crippen molar-refractivity contribution in [2.75, 3.05) is 10.5 Å². The molecule has 0 amide bonds. The van der Waals surface area contributed by atoms with Gasteiger partial charge in [-0.2, -0.15) is 0 Å². The van der Waals surface area contributed by atoms with E-state index in [0.29, 0.717) is 5.02 Å². The van der Waals surface area contributed by atoms with E-state index < -0.39 is 20.7 Å². The quantitative estimate of drug-likeness (QED) is 0.843. The Bertz CT molecular complexity index is 749. The molecule has 0 fully saturated rings. The molecule has 20 heavy (non-hydrogen) atoms. The molecular weight excluding hydrogens is 326 g/mol. The van der Waals surface area contributed by atoms with Gasteiger partial charge in [0.2, 0.25) is 0 Å². The van der Waals surface area contributed by atoms with E-state index >= 15 is 0 Å². The summed E-state index contributed by atoms with van der Waals surface area (Å²) in [6.45, 7) is 0. The molecule has 2 aromatic carbocycles. The summed E-state index contributed by atoms with van der Waals surface area (Å²) in [5.41, 5.74) is 5.77. The number of benzene rings is 2. The molecule has 0 aliphatic carbocycles. The summed E-state index contributed by atoms with van der Waals surface area (Å²) in [6.07, 6.45) is 0. The fourth-order valence-electron chi connectivity index (χ4n) is 1.51. The van der Waals surface area contributed by atoms with Crippen LogP contribution in [0.5, 0.6) is 0 Å². The van der Waals surface area contributed by atoms with Crippen LogP contribution in [0.1, 0.15) is 0 Å². The third-order valence-corrected chi connectivity index (χ3v) is 4.31. The topological polar surface area (TPSA) is 72.2 Å². The first-order valence-corrected chi connectivity index (χ1v) is 7.56.